The van der Waals surface area contributed by atoms with Crippen molar-refractivity contribution >= 4 is 17.2 Å². The van der Waals surface area contributed by atoms with Crippen LogP contribution in [0, 0.1) is 5.82 Å². The van der Waals surface area contributed by atoms with Crippen LogP contribution in [0.4, 0.5) is 4.39 Å². The molecule has 128 valence electrons. The van der Waals surface area contributed by atoms with Crippen LogP contribution in [0.5, 0.6) is 0 Å². The lowest BCUT2D eigenvalue weighted by Crippen LogP contribution is -2.51. The highest BCUT2D eigenvalue weighted by Gasteiger charge is 2.44. The molecular weight excluding hydrogens is 333 g/mol. The van der Waals surface area contributed by atoms with E-state index >= 15 is 0 Å². The van der Waals surface area contributed by atoms with Gasteiger partial charge in [0.2, 0.25) is 0 Å². The molecule has 2 heterocycles. The van der Waals surface area contributed by atoms with Crippen molar-refractivity contribution in [1.29, 1.82) is 0 Å². The van der Waals surface area contributed by atoms with Crippen LogP contribution >= 0.6 is 11.3 Å². The number of aliphatic hydroxyl groups is 2. The number of carbonyl (C=O) groups excluding carboxylic acids is 1. The van der Waals surface area contributed by atoms with E-state index in [1.54, 1.807) is 34.0 Å². The van der Waals surface area contributed by atoms with Gasteiger partial charge in [-0.15, -0.1) is 11.3 Å². The third-order valence-electron chi connectivity index (χ3n) is 4.12. The van der Waals surface area contributed by atoms with Gasteiger partial charge in [0, 0.05) is 30.6 Å². The lowest BCUT2D eigenvalue weighted by atomic mass is 10.0. The molecule has 0 unspecified atom stereocenters. The minimum Gasteiger partial charge on any atom is -0.389 e. The molecule has 0 radical (unpaired) electrons. The van der Waals surface area contributed by atoms with Crippen LogP contribution in [0.3, 0.4) is 0 Å². The minimum absolute atomic E-state index is 0.0989. The Morgan fingerprint density at radius 1 is 1.50 bits per heavy atom. The molecule has 3 rings (SSSR count). The first kappa shape index (κ1) is 17.0. The number of carbonyl (C=O) groups is 1. The molecule has 2 aromatic rings. The van der Waals surface area contributed by atoms with Gasteiger partial charge < -0.3 is 15.5 Å². The second-order valence-corrected chi connectivity index (χ2v) is 6.66. The standard InChI is InChI=1S/C16H18FN3O3S/c17-12-4-2-1-3-11(12)5-20-6-14(21)16(23,9-20)8-18-15(22)13-7-24-10-19-13/h1-4,7,10,14,21,23H,5-6,8-9H2,(H,18,22)/t14-,16+/m1/s1. The second kappa shape index (κ2) is 6.94. The number of hydrogen-bond acceptors (Lipinski definition) is 6. The van der Waals surface area contributed by atoms with Crippen LogP contribution < -0.4 is 5.32 Å². The zero-order valence-electron chi connectivity index (χ0n) is 12.9. The molecule has 1 saturated heterocycles. The summed E-state index contributed by atoms with van der Waals surface area (Å²) >= 11 is 1.30. The van der Waals surface area contributed by atoms with Crippen LogP contribution in [0.25, 0.3) is 0 Å². The number of likely N-dealkylation sites (tertiary alicyclic amines) is 1. The molecule has 1 aromatic carbocycles. The molecule has 6 nitrogen and oxygen atoms in total. The molecule has 0 aliphatic carbocycles. The van der Waals surface area contributed by atoms with Gasteiger partial charge in [-0.05, 0) is 6.07 Å². The van der Waals surface area contributed by atoms with E-state index in [2.05, 4.69) is 10.3 Å². The lowest BCUT2D eigenvalue weighted by Gasteiger charge is -2.26. The number of β-amino-alcohol motifs (C(OH)–C–C–N with tert-alkyl or cyclic N) is 2. The fraction of sp³-hybridized carbons (Fsp3) is 0.375. The quantitative estimate of drug-likeness (QED) is 0.735. The topological polar surface area (TPSA) is 85.7 Å². The Morgan fingerprint density at radius 3 is 3.00 bits per heavy atom. The predicted molar refractivity (Wildman–Crippen MR) is 87.1 cm³/mol. The van der Waals surface area contributed by atoms with Gasteiger partial charge in [0.15, 0.2) is 0 Å². The first-order chi connectivity index (χ1) is 11.5. The largest absolute Gasteiger partial charge is 0.389 e. The van der Waals surface area contributed by atoms with Crippen molar-refractivity contribution in [3.8, 4) is 0 Å². The Morgan fingerprint density at radius 2 is 2.29 bits per heavy atom. The second-order valence-electron chi connectivity index (χ2n) is 5.94. The highest BCUT2D eigenvalue weighted by molar-refractivity contribution is 7.07. The van der Waals surface area contributed by atoms with Gasteiger partial charge in [0.1, 0.15) is 17.1 Å². The van der Waals surface area contributed by atoms with Gasteiger partial charge in [0.05, 0.1) is 18.2 Å². The molecule has 0 saturated carbocycles. The Balaban J connectivity index is 1.60. The maximum absolute atomic E-state index is 13.7. The van der Waals surface area contributed by atoms with Gasteiger partial charge in [-0.2, -0.15) is 0 Å². The Hall–Kier alpha value is -1.87. The number of hydrogen-bond donors (Lipinski definition) is 3. The maximum atomic E-state index is 13.7. The molecule has 3 N–H and O–H groups in total. The number of nitrogens with zero attached hydrogens (tertiary/aromatic N) is 2. The number of nitrogens with one attached hydrogen (secondary N) is 1. The highest BCUT2D eigenvalue weighted by atomic mass is 32.1. The minimum atomic E-state index is -1.48. The number of halogens is 1. The maximum Gasteiger partial charge on any atom is 0.270 e. The SMILES string of the molecule is O=C(NC[C@]1(O)CN(Cc2ccccc2F)C[C@H]1O)c1cscn1. The van der Waals surface area contributed by atoms with Crippen LogP contribution in [-0.2, 0) is 6.54 Å². The first-order valence-corrected chi connectivity index (χ1v) is 8.45. The van der Waals surface area contributed by atoms with E-state index in [0.29, 0.717) is 5.56 Å². The molecule has 2 atom stereocenters. The third kappa shape index (κ3) is 3.62. The number of thiazole rings is 1. The number of amides is 1. The average Bonchev–Trinajstić information content (AvgIpc) is 3.17. The van der Waals surface area contributed by atoms with Crippen molar-refractivity contribution in [3.63, 3.8) is 0 Å². The van der Waals surface area contributed by atoms with Crippen LogP contribution in [0.1, 0.15) is 16.1 Å². The van der Waals surface area contributed by atoms with E-state index in [1.807, 2.05) is 0 Å². The number of aromatic nitrogens is 1. The summed E-state index contributed by atoms with van der Waals surface area (Å²) < 4.78 is 13.7. The summed E-state index contributed by atoms with van der Waals surface area (Å²) in [5.41, 5.74) is 0.848. The smallest absolute Gasteiger partial charge is 0.270 e. The molecule has 8 heteroatoms. The van der Waals surface area contributed by atoms with Crippen LogP contribution in [0.2, 0.25) is 0 Å². The van der Waals surface area contributed by atoms with Gasteiger partial charge in [0.25, 0.3) is 5.91 Å². The summed E-state index contributed by atoms with van der Waals surface area (Å²) in [4.78, 5) is 17.6. The molecule has 1 amide bonds. The van der Waals surface area contributed by atoms with E-state index in [1.165, 1.54) is 17.4 Å². The van der Waals surface area contributed by atoms with Crippen molar-refractivity contribution < 1.29 is 19.4 Å². The van der Waals surface area contributed by atoms with Gasteiger partial charge in [-0.25, -0.2) is 9.37 Å². The molecule has 24 heavy (non-hydrogen) atoms. The van der Waals surface area contributed by atoms with Crippen LogP contribution in [-0.4, -0.2) is 57.3 Å². The summed E-state index contributed by atoms with van der Waals surface area (Å²) in [6.45, 7) is 0.529. The van der Waals surface area contributed by atoms with Crippen molar-refractivity contribution in [2.24, 2.45) is 0 Å². The molecule has 1 aliphatic heterocycles. The Labute approximate surface area is 142 Å². The molecule has 0 spiro atoms. The van der Waals surface area contributed by atoms with Gasteiger partial charge in [-0.1, -0.05) is 18.2 Å². The molecular formula is C16H18FN3O3S. The van der Waals surface area contributed by atoms with Crippen molar-refractivity contribution in [3.05, 3.63) is 52.2 Å². The average molecular weight is 351 g/mol. The summed E-state index contributed by atoms with van der Waals surface area (Å²) in [7, 11) is 0. The third-order valence-corrected chi connectivity index (χ3v) is 4.71. The summed E-state index contributed by atoms with van der Waals surface area (Å²) in [6.07, 6.45) is -1.03. The molecule has 1 aromatic heterocycles. The summed E-state index contributed by atoms with van der Waals surface area (Å²) in [6, 6.07) is 6.40. The van der Waals surface area contributed by atoms with Crippen LogP contribution in [0.15, 0.2) is 35.2 Å². The van der Waals surface area contributed by atoms with Gasteiger partial charge in [-0.3, -0.25) is 9.69 Å². The van der Waals surface area contributed by atoms with E-state index < -0.39 is 17.6 Å². The Bertz CT molecular complexity index is 712. The lowest BCUT2D eigenvalue weighted by molar-refractivity contribution is -0.0377. The fourth-order valence-electron chi connectivity index (χ4n) is 2.78. The van der Waals surface area contributed by atoms with Gasteiger partial charge >= 0.3 is 0 Å². The van der Waals surface area contributed by atoms with E-state index in [-0.39, 0.29) is 37.7 Å². The van der Waals surface area contributed by atoms with Crippen molar-refractivity contribution in [2.75, 3.05) is 19.6 Å². The first-order valence-electron chi connectivity index (χ1n) is 7.50. The molecule has 1 fully saturated rings. The Kier molecular flexibility index (Phi) is 4.91. The number of rotatable bonds is 5. The van der Waals surface area contributed by atoms with Crippen molar-refractivity contribution in [2.45, 2.75) is 18.2 Å². The zero-order valence-corrected chi connectivity index (χ0v) is 13.7. The fourth-order valence-corrected chi connectivity index (χ4v) is 3.31. The number of aliphatic hydroxyl groups excluding tert-OH is 1. The zero-order chi connectivity index (χ0) is 17.2. The normalized spacial score (nSPS) is 24.2. The molecule has 1 aliphatic rings. The summed E-state index contributed by atoms with van der Waals surface area (Å²) in [5, 5.41) is 25.0. The van der Waals surface area contributed by atoms with E-state index in [4.69, 9.17) is 0 Å². The van der Waals surface area contributed by atoms with Crippen molar-refractivity contribution in [1.82, 2.24) is 15.2 Å². The highest BCUT2D eigenvalue weighted by Crippen LogP contribution is 2.24. The van der Waals surface area contributed by atoms with E-state index in [0.717, 1.165) is 0 Å². The predicted octanol–water partition coefficient (Wildman–Crippen LogP) is 0.620. The molecule has 0 bridgehead atoms. The number of benzene rings is 1. The van der Waals surface area contributed by atoms with E-state index in [9.17, 15) is 19.4 Å². The monoisotopic (exact) mass is 351 g/mol. The summed E-state index contributed by atoms with van der Waals surface area (Å²) in [5.74, 6) is -0.719.